The zero-order valence-corrected chi connectivity index (χ0v) is 10.2. The van der Waals surface area contributed by atoms with Crippen molar-refractivity contribution in [2.24, 2.45) is 0 Å². The predicted molar refractivity (Wildman–Crippen MR) is 65.7 cm³/mol. The summed E-state index contributed by atoms with van der Waals surface area (Å²) in [4.78, 5) is 10.9. The Morgan fingerprint density at radius 1 is 1.31 bits per heavy atom. The highest BCUT2D eigenvalue weighted by molar-refractivity contribution is 5.69. The molecule has 0 aliphatic carbocycles. The number of hydrogen-bond donors (Lipinski definition) is 1. The molecule has 1 aromatic carbocycles. The first-order valence-corrected chi connectivity index (χ1v) is 5.51. The van der Waals surface area contributed by atoms with Crippen LogP contribution in [0.2, 0.25) is 0 Å². The van der Waals surface area contributed by atoms with Gasteiger partial charge in [0, 0.05) is 18.7 Å². The van der Waals surface area contributed by atoms with Crippen LogP contribution in [0.25, 0.3) is 0 Å². The van der Waals surface area contributed by atoms with Crippen LogP contribution >= 0.6 is 0 Å². The van der Waals surface area contributed by atoms with Gasteiger partial charge in [-0.3, -0.25) is 4.79 Å². The number of hydrogen-bond acceptors (Lipinski definition) is 3. The number of carbonyl (C=O) groups excluding carboxylic acids is 1. The number of methoxy groups -OCH3 is 1. The van der Waals surface area contributed by atoms with Crippen molar-refractivity contribution in [2.45, 2.75) is 26.7 Å². The Bertz CT molecular complexity index is 361. The molecule has 1 aromatic rings. The van der Waals surface area contributed by atoms with Crippen molar-refractivity contribution in [2.75, 3.05) is 19.0 Å². The minimum absolute atomic E-state index is 0.151. The van der Waals surface area contributed by atoms with E-state index in [1.54, 1.807) is 0 Å². The molecule has 0 fully saturated rings. The second-order valence-electron chi connectivity index (χ2n) is 3.91. The Kier molecular flexibility index (Phi) is 4.83. The van der Waals surface area contributed by atoms with Crippen molar-refractivity contribution in [1.29, 1.82) is 0 Å². The smallest absolute Gasteiger partial charge is 0.305 e. The molecular formula is C13H19NO2. The molecule has 0 bridgehead atoms. The molecule has 0 amide bonds. The van der Waals surface area contributed by atoms with Crippen LogP contribution in [-0.4, -0.2) is 19.6 Å². The second-order valence-corrected chi connectivity index (χ2v) is 3.91. The number of aryl methyl sites for hydroxylation is 2. The van der Waals surface area contributed by atoms with E-state index >= 15 is 0 Å². The van der Waals surface area contributed by atoms with E-state index in [1.807, 2.05) is 0 Å². The van der Waals surface area contributed by atoms with Crippen molar-refractivity contribution in [3.05, 3.63) is 29.3 Å². The molecule has 0 saturated carbocycles. The Morgan fingerprint density at radius 2 is 2.06 bits per heavy atom. The average molecular weight is 221 g/mol. The Morgan fingerprint density at radius 3 is 2.69 bits per heavy atom. The van der Waals surface area contributed by atoms with Crippen molar-refractivity contribution >= 4 is 11.7 Å². The molecule has 0 radical (unpaired) electrons. The summed E-state index contributed by atoms with van der Waals surface area (Å²) in [6.45, 7) is 4.98. The summed E-state index contributed by atoms with van der Waals surface area (Å²) in [5, 5.41) is 3.28. The Hall–Kier alpha value is -1.51. The largest absolute Gasteiger partial charge is 0.469 e. The molecule has 0 aliphatic rings. The fourth-order valence-corrected chi connectivity index (χ4v) is 1.42. The topological polar surface area (TPSA) is 38.3 Å². The zero-order chi connectivity index (χ0) is 12.0. The number of benzene rings is 1. The highest BCUT2D eigenvalue weighted by Gasteiger charge is 1.99. The molecule has 0 saturated heterocycles. The lowest BCUT2D eigenvalue weighted by Crippen LogP contribution is -2.06. The van der Waals surface area contributed by atoms with Crippen LogP contribution in [0, 0.1) is 13.8 Å². The van der Waals surface area contributed by atoms with E-state index in [2.05, 4.69) is 42.1 Å². The molecule has 3 nitrogen and oxygen atoms in total. The maximum Gasteiger partial charge on any atom is 0.305 e. The van der Waals surface area contributed by atoms with Gasteiger partial charge in [0.15, 0.2) is 0 Å². The van der Waals surface area contributed by atoms with Gasteiger partial charge in [0.25, 0.3) is 0 Å². The van der Waals surface area contributed by atoms with E-state index in [0.717, 1.165) is 18.7 Å². The lowest BCUT2D eigenvalue weighted by atomic mass is 10.1. The molecule has 0 aromatic heterocycles. The second kappa shape index (κ2) is 6.16. The molecule has 0 heterocycles. The molecule has 0 unspecified atom stereocenters. The van der Waals surface area contributed by atoms with Crippen LogP contribution < -0.4 is 5.32 Å². The van der Waals surface area contributed by atoms with Gasteiger partial charge in [-0.05, 0) is 43.5 Å². The summed E-state index contributed by atoms with van der Waals surface area (Å²) in [5.74, 6) is -0.151. The van der Waals surface area contributed by atoms with Crippen molar-refractivity contribution < 1.29 is 9.53 Å². The first-order valence-electron chi connectivity index (χ1n) is 5.51. The maximum absolute atomic E-state index is 10.9. The van der Waals surface area contributed by atoms with E-state index in [4.69, 9.17) is 0 Å². The van der Waals surface area contributed by atoms with Gasteiger partial charge in [0.1, 0.15) is 0 Å². The van der Waals surface area contributed by atoms with Crippen LogP contribution in [0.15, 0.2) is 18.2 Å². The van der Waals surface area contributed by atoms with Crippen molar-refractivity contribution in [1.82, 2.24) is 0 Å². The van der Waals surface area contributed by atoms with Gasteiger partial charge in [-0.15, -0.1) is 0 Å². The predicted octanol–water partition coefficient (Wildman–Crippen LogP) is 2.67. The van der Waals surface area contributed by atoms with Gasteiger partial charge in [0.2, 0.25) is 0 Å². The van der Waals surface area contributed by atoms with Crippen molar-refractivity contribution in [3.8, 4) is 0 Å². The molecule has 1 N–H and O–H groups in total. The van der Waals surface area contributed by atoms with Crippen LogP contribution in [0.1, 0.15) is 24.0 Å². The molecule has 88 valence electrons. The maximum atomic E-state index is 10.9. The fraction of sp³-hybridized carbons (Fsp3) is 0.462. The highest BCUT2D eigenvalue weighted by Crippen LogP contribution is 2.14. The van der Waals surface area contributed by atoms with Gasteiger partial charge in [-0.25, -0.2) is 0 Å². The van der Waals surface area contributed by atoms with Gasteiger partial charge >= 0.3 is 5.97 Å². The van der Waals surface area contributed by atoms with Crippen molar-refractivity contribution in [3.63, 3.8) is 0 Å². The molecule has 1 rings (SSSR count). The van der Waals surface area contributed by atoms with Gasteiger partial charge in [-0.1, -0.05) is 6.07 Å². The summed E-state index contributed by atoms with van der Waals surface area (Å²) in [6.07, 6.45) is 1.26. The Labute approximate surface area is 96.8 Å². The number of ether oxygens (including phenoxy) is 1. The van der Waals surface area contributed by atoms with Crippen LogP contribution in [0.5, 0.6) is 0 Å². The van der Waals surface area contributed by atoms with E-state index < -0.39 is 0 Å². The standard InChI is InChI=1S/C13H19NO2/c1-10-6-7-12(9-11(10)2)14-8-4-5-13(15)16-3/h6-7,9,14H,4-5,8H2,1-3H3. The lowest BCUT2D eigenvalue weighted by molar-refractivity contribution is -0.140. The summed E-state index contributed by atoms with van der Waals surface area (Å²) in [5.41, 5.74) is 3.67. The third-order valence-electron chi connectivity index (χ3n) is 2.62. The number of rotatable bonds is 5. The van der Waals surface area contributed by atoms with E-state index in [9.17, 15) is 4.79 Å². The summed E-state index contributed by atoms with van der Waals surface area (Å²) in [6, 6.07) is 6.27. The van der Waals surface area contributed by atoms with Gasteiger partial charge < -0.3 is 10.1 Å². The van der Waals surface area contributed by atoms with Gasteiger partial charge in [0.05, 0.1) is 7.11 Å². The minimum atomic E-state index is -0.151. The summed E-state index contributed by atoms with van der Waals surface area (Å²) in [7, 11) is 1.42. The number of nitrogens with one attached hydrogen (secondary N) is 1. The van der Waals surface area contributed by atoms with E-state index in [1.165, 1.54) is 18.2 Å². The first-order chi connectivity index (χ1) is 7.63. The molecule has 3 heteroatoms. The summed E-state index contributed by atoms with van der Waals surface area (Å²) >= 11 is 0. The molecule has 0 atom stereocenters. The third kappa shape index (κ3) is 3.93. The molecular weight excluding hydrogens is 202 g/mol. The molecule has 0 spiro atoms. The SMILES string of the molecule is COC(=O)CCCNc1ccc(C)c(C)c1. The third-order valence-corrected chi connectivity index (χ3v) is 2.62. The average Bonchev–Trinajstić information content (AvgIpc) is 2.28. The number of esters is 1. The minimum Gasteiger partial charge on any atom is -0.469 e. The van der Waals surface area contributed by atoms with Crippen LogP contribution in [-0.2, 0) is 9.53 Å². The molecule has 0 aliphatic heterocycles. The quantitative estimate of drug-likeness (QED) is 0.613. The zero-order valence-electron chi connectivity index (χ0n) is 10.2. The van der Waals surface area contributed by atoms with Gasteiger partial charge in [-0.2, -0.15) is 0 Å². The van der Waals surface area contributed by atoms with Crippen LogP contribution in [0.3, 0.4) is 0 Å². The Balaban J connectivity index is 2.32. The highest BCUT2D eigenvalue weighted by atomic mass is 16.5. The monoisotopic (exact) mass is 221 g/mol. The fourth-order valence-electron chi connectivity index (χ4n) is 1.42. The normalized spacial score (nSPS) is 9.94. The number of carbonyl (C=O) groups is 1. The first kappa shape index (κ1) is 12.6. The summed E-state index contributed by atoms with van der Waals surface area (Å²) < 4.78 is 4.57. The van der Waals surface area contributed by atoms with E-state index in [-0.39, 0.29) is 5.97 Å². The number of anilines is 1. The van der Waals surface area contributed by atoms with Crippen LogP contribution in [0.4, 0.5) is 5.69 Å². The molecule has 16 heavy (non-hydrogen) atoms. The van der Waals surface area contributed by atoms with E-state index in [0.29, 0.717) is 6.42 Å². The lowest BCUT2D eigenvalue weighted by Gasteiger charge is -2.08.